The van der Waals surface area contributed by atoms with E-state index in [2.05, 4.69) is 10.1 Å². The first-order valence-corrected chi connectivity index (χ1v) is 6.61. The van der Waals surface area contributed by atoms with Gasteiger partial charge in [0.1, 0.15) is 12.2 Å². The van der Waals surface area contributed by atoms with E-state index < -0.39 is 0 Å². The van der Waals surface area contributed by atoms with E-state index in [1.165, 1.54) is 6.33 Å². The fourth-order valence-corrected chi connectivity index (χ4v) is 2.30. The molecule has 100 valence electrons. The summed E-state index contributed by atoms with van der Waals surface area (Å²) >= 11 is 11.8. The van der Waals surface area contributed by atoms with Crippen molar-refractivity contribution >= 4 is 29.0 Å². The van der Waals surface area contributed by atoms with Crippen LogP contribution in [0.25, 0.3) is 0 Å². The monoisotopic (exact) mass is 297 g/mol. The molecule has 19 heavy (non-hydrogen) atoms. The van der Waals surface area contributed by atoms with Gasteiger partial charge in [0, 0.05) is 16.6 Å². The van der Waals surface area contributed by atoms with Gasteiger partial charge in [0.15, 0.2) is 5.78 Å². The molecule has 0 spiro atoms. The van der Waals surface area contributed by atoms with Crippen LogP contribution in [0.3, 0.4) is 0 Å². The van der Waals surface area contributed by atoms with Gasteiger partial charge in [0.25, 0.3) is 0 Å². The van der Waals surface area contributed by atoms with E-state index in [9.17, 15) is 4.79 Å². The Hall–Kier alpha value is -1.39. The summed E-state index contributed by atoms with van der Waals surface area (Å²) in [6, 6.07) is 4.99. The summed E-state index contributed by atoms with van der Waals surface area (Å²) < 4.78 is 1.72. The Balaban J connectivity index is 2.23. The third-order valence-corrected chi connectivity index (χ3v) is 3.23. The molecule has 0 radical (unpaired) electrons. The zero-order valence-corrected chi connectivity index (χ0v) is 12.1. The number of ketones is 1. The van der Waals surface area contributed by atoms with E-state index in [0.29, 0.717) is 21.4 Å². The van der Waals surface area contributed by atoms with Crippen LogP contribution in [0.15, 0.2) is 24.5 Å². The molecular weight excluding hydrogens is 285 g/mol. The summed E-state index contributed by atoms with van der Waals surface area (Å²) in [5.74, 6) is 0.530. The molecule has 0 aliphatic rings. The number of halogens is 2. The maximum absolute atomic E-state index is 12.2. The van der Waals surface area contributed by atoms with Crippen molar-refractivity contribution in [1.82, 2.24) is 14.8 Å². The molecule has 0 saturated heterocycles. The third-order valence-electron chi connectivity index (χ3n) is 2.69. The zero-order chi connectivity index (χ0) is 14.0. The van der Waals surface area contributed by atoms with Crippen molar-refractivity contribution in [3.05, 3.63) is 46.0 Å². The Morgan fingerprint density at radius 1 is 1.37 bits per heavy atom. The fraction of sp³-hybridized carbons (Fsp3) is 0.308. The lowest BCUT2D eigenvalue weighted by molar-refractivity contribution is 0.0989. The second-order valence-electron chi connectivity index (χ2n) is 4.44. The Bertz CT molecular complexity index is 608. The minimum atomic E-state index is -0.100. The van der Waals surface area contributed by atoms with Gasteiger partial charge < -0.3 is 0 Å². The average molecular weight is 298 g/mol. The van der Waals surface area contributed by atoms with Gasteiger partial charge in [0.05, 0.1) is 11.4 Å². The minimum Gasteiger partial charge on any atom is -0.294 e. The second-order valence-corrected chi connectivity index (χ2v) is 5.28. The van der Waals surface area contributed by atoms with E-state index in [1.54, 1.807) is 22.9 Å². The Kier molecular flexibility index (Phi) is 4.22. The number of carbonyl (C=O) groups is 1. The van der Waals surface area contributed by atoms with Crippen molar-refractivity contribution in [2.24, 2.45) is 0 Å². The summed E-state index contributed by atoms with van der Waals surface area (Å²) in [7, 11) is 0. The first-order valence-electron chi connectivity index (χ1n) is 5.85. The molecule has 1 aromatic heterocycles. The van der Waals surface area contributed by atoms with Crippen LogP contribution in [0.5, 0.6) is 0 Å². The van der Waals surface area contributed by atoms with Gasteiger partial charge in [-0.05, 0) is 32.0 Å². The number of Topliss-reactive ketones (excluding diaryl/α,β-unsaturated/α-hetero) is 1. The lowest BCUT2D eigenvalue weighted by Gasteiger charge is -2.09. The lowest BCUT2D eigenvalue weighted by atomic mass is 10.1. The highest BCUT2D eigenvalue weighted by molar-refractivity contribution is 6.36. The number of hydrogen-bond donors (Lipinski definition) is 0. The van der Waals surface area contributed by atoms with Crippen LogP contribution < -0.4 is 0 Å². The molecule has 4 nitrogen and oxygen atoms in total. The van der Waals surface area contributed by atoms with Crippen molar-refractivity contribution in [2.75, 3.05) is 0 Å². The minimum absolute atomic E-state index is 0.100. The molecular formula is C13H13Cl2N3O. The predicted molar refractivity (Wildman–Crippen MR) is 74.9 cm³/mol. The number of nitrogens with zero attached hydrogens (tertiary/aromatic N) is 3. The molecule has 0 unspecified atom stereocenters. The maximum Gasteiger partial charge on any atom is 0.171 e. The van der Waals surface area contributed by atoms with Gasteiger partial charge in [-0.25, -0.2) is 9.67 Å². The zero-order valence-electron chi connectivity index (χ0n) is 10.6. The van der Waals surface area contributed by atoms with Gasteiger partial charge in [-0.1, -0.05) is 23.2 Å². The molecule has 0 bridgehead atoms. The largest absolute Gasteiger partial charge is 0.294 e. The second kappa shape index (κ2) is 5.72. The number of benzene rings is 1. The first-order chi connectivity index (χ1) is 8.99. The average Bonchev–Trinajstić information content (AvgIpc) is 2.76. The molecule has 0 saturated carbocycles. The van der Waals surface area contributed by atoms with Crippen molar-refractivity contribution in [2.45, 2.75) is 26.3 Å². The van der Waals surface area contributed by atoms with Crippen LogP contribution >= 0.6 is 23.2 Å². The van der Waals surface area contributed by atoms with Gasteiger partial charge >= 0.3 is 0 Å². The predicted octanol–water partition coefficient (Wildman–Crippen LogP) is 3.59. The van der Waals surface area contributed by atoms with E-state index in [1.807, 2.05) is 13.8 Å². The van der Waals surface area contributed by atoms with E-state index in [4.69, 9.17) is 23.2 Å². The summed E-state index contributed by atoms with van der Waals surface area (Å²) in [5.41, 5.74) is 0.448. The molecule has 1 aromatic carbocycles. The molecule has 0 N–H and O–H groups in total. The van der Waals surface area contributed by atoms with E-state index in [-0.39, 0.29) is 18.2 Å². The first kappa shape index (κ1) is 14.0. The van der Waals surface area contributed by atoms with E-state index >= 15 is 0 Å². The normalized spacial score (nSPS) is 11.0. The van der Waals surface area contributed by atoms with Crippen molar-refractivity contribution in [3.63, 3.8) is 0 Å². The molecule has 0 aliphatic heterocycles. The van der Waals surface area contributed by atoms with Gasteiger partial charge in [-0.2, -0.15) is 5.10 Å². The van der Waals surface area contributed by atoms with Crippen molar-refractivity contribution in [1.29, 1.82) is 0 Å². The van der Waals surface area contributed by atoms with Crippen LogP contribution in [0.1, 0.15) is 36.1 Å². The standard InChI is InChI=1S/C13H13Cl2N3O/c1-8(2)18-13(16-7-17-18)6-12(19)10-4-3-9(14)5-11(10)15/h3-5,7-8H,6H2,1-2H3. The SMILES string of the molecule is CC(C)n1ncnc1CC(=O)c1ccc(Cl)cc1Cl. The van der Waals surface area contributed by atoms with Crippen LogP contribution in [-0.4, -0.2) is 20.5 Å². The summed E-state index contributed by atoms with van der Waals surface area (Å²) in [6.07, 6.45) is 1.62. The molecule has 6 heteroatoms. The van der Waals surface area contributed by atoms with Crippen molar-refractivity contribution < 1.29 is 4.79 Å². The summed E-state index contributed by atoms with van der Waals surface area (Å²) in [4.78, 5) is 16.3. The van der Waals surface area contributed by atoms with Crippen LogP contribution in [0, 0.1) is 0 Å². The highest BCUT2D eigenvalue weighted by Gasteiger charge is 2.16. The number of rotatable bonds is 4. The highest BCUT2D eigenvalue weighted by Crippen LogP contribution is 2.22. The van der Waals surface area contributed by atoms with Crippen LogP contribution in [-0.2, 0) is 6.42 Å². The van der Waals surface area contributed by atoms with Gasteiger partial charge in [-0.3, -0.25) is 4.79 Å². The molecule has 0 fully saturated rings. The van der Waals surface area contributed by atoms with Crippen LogP contribution in [0.2, 0.25) is 10.0 Å². The van der Waals surface area contributed by atoms with Gasteiger partial charge in [0.2, 0.25) is 0 Å². The van der Waals surface area contributed by atoms with E-state index in [0.717, 1.165) is 0 Å². The number of hydrogen-bond acceptors (Lipinski definition) is 3. The summed E-state index contributed by atoms with van der Waals surface area (Å²) in [5, 5.41) is 4.96. The molecule has 1 heterocycles. The Labute approximate surface area is 121 Å². The lowest BCUT2D eigenvalue weighted by Crippen LogP contribution is -2.13. The molecule has 2 rings (SSSR count). The topological polar surface area (TPSA) is 47.8 Å². The van der Waals surface area contributed by atoms with Crippen molar-refractivity contribution in [3.8, 4) is 0 Å². The Morgan fingerprint density at radius 2 is 2.11 bits per heavy atom. The van der Waals surface area contributed by atoms with Crippen LogP contribution in [0.4, 0.5) is 0 Å². The molecule has 0 aliphatic carbocycles. The Morgan fingerprint density at radius 3 is 2.74 bits per heavy atom. The highest BCUT2D eigenvalue weighted by atomic mass is 35.5. The summed E-state index contributed by atoms with van der Waals surface area (Å²) in [6.45, 7) is 3.97. The third kappa shape index (κ3) is 3.14. The molecule has 0 atom stereocenters. The molecule has 2 aromatic rings. The maximum atomic E-state index is 12.2. The fourth-order valence-electron chi connectivity index (χ4n) is 1.79. The van der Waals surface area contributed by atoms with Gasteiger partial charge in [-0.15, -0.1) is 0 Å². The smallest absolute Gasteiger partial charge is 0.171 e. The quantitative estimate of drug-likeness (QED) is 0.810. The number of carbonyl (C=O) groups excluding carboxylic acids is 1. The molecule has 0 amide bonds. The number of aromatic nitrogens is 3.